The predicted molar refractivity (Wildman–Crippen MR) is 107 cm³/mol. The lowest BCUT2D eigenvalue weighted by atomic mass is 9.99. The van der Waals surface area contributed by atoms with Gasteiger partial charge in [0.25, 0.3) is 0 Å². The molecule has 0 spiro atoms. The molecule has 1 aromatic rings. The molecule has 1 N–H and O–H groups in total. The highest BCUT2D eigenvalue weighted by Gasteiger charge is 2.48. The molecule has 2 bridgehead atoms. The van der Waals surface area contributed by atoms with Gasteiger partial charge in [0.15, 0.2) is 5.78 Å². The van der Waals surface area contributed by atoms with E-state index in [1.54, 1.807) is 4.90 Å². The molecule has 0 aromatic heterocycles. The van der Waals surface area contributed by atoms with Crippen molar-refractivity contribution in [2.75, 3.05) is 13.1 Å². The summed E-state index contributed by atoms with van der Waals surface area (Å²) in [5, 5.41) is 4.20. The number of hydrogen-bond donors (Lipinski definition) is 1. The zero-order valence-corrected chi connectivity index (χ0v) is 16.9. The highest BCUT2D eigenvalue weighted by Crippen LogP contribution is 2.32. The van der Waals surface area contributed by atoms with Gasteiger partial charge in [-0.15, -0.1) is 0 Å². The van der Waals surface area contributed by atoms with Crippen molar-refractivity contribution in [2.45, 2.75) is 57.7 Å². The summed E-state index contributed by atoms with van der Waals surface area (Å²) in [6.07, 6.45) is 4.21. The van der Waals surface area contributed by atoms with Gasteiger partial charge < -0.3 is 10.2 Å². The molecule has 4 atom stereocenters. The fourth-order valence-electron chi connectivity index (χ4n) is 4.72. The number of ketones is 1. The lowest BCUT2D eigenvalue weighted by Crippen LogP contribution is -2.50. The Balaban J connectivity index is 1.29. The molecule has 3 amide bonds. The van der Waals surface area contributed by atoms with Crippen LogP contribution in [0.5, 0.6) is 0 Å². The minimum atomic E-state index is -0.528. The molecule has 1 aliphatic carbocycles. The Labute approximate surface area is 171 Å². The Morgan fingerprint density at radius 1 is 1.14 bits per heavy atom. The SMILES string of the molecule is C[C@@H]1CC[C@H](C(=O)CNC(=O)[C@@H]2CC[C@@H]3CN2C(=O)N3OCc2ccccc2)C1. The Morgan fingerprint density at radius 3 is 2.66 bits per heavy atom. The Morgan fingerprint density at radius 2 is 1.93 bits per heavy atom. The summed E-state index contributed by atoms with van der Waals surface area (Å²) >= 11 is 0. The molecule has 1 saturated carbocycles. The first-order valence-electron chi connectivity index (χ1n) is 10.6. The lowest BCUT2D eigenvalue weighted by Gasteiger charge is -2.29. The number of hydroxylamine groups is 2. The number of piperidine rings is 1. The third-order valence-electron chi connectivity index (χ3n) is 6.43. The molecular weight excluding hydrogens is 370 g/mol. The Bertz CT molecular complexity index is 769. The summed E-state index contributed by atoms with van der Waals surface area (Å²) in [7, 11) is 0. The average molecular weight is 399 g/mol. The van der Waals surface area contributed by atoms with Gasteiger partial charge in [0.2, 0.25) is 5.91 Å². The zero-order chi connectivity index (χ0) is 20.4. The van der Waals surface area contributed by atoms with E-state index in [0.717, 1.165) is 24.8 Å². The number of carbonyl (C=O) groups excluding carboxylic acids is 3. The van der Waals surface area contributed by atoms with E-state index in [0.29, 0.717) is 31.9 Å². The molecule has 7 heteroatoms. The zero-order valence-electron chi connectivity index (χ0n) is 16.9. The molecule has 2 heterocycles. The van der Waals surface area contributed by atoms with E-state index in [1.165, 1.54) is 5.06 Å². The second kappa shape index (κ2) is 8.53. The van der Waals surface area contributed by atoms with E-state index >= 15 is 0 Å². The van der Waals surface area contributed by atoms with E-state index in [1.807, 2.05) is 30.3 Å². The summed E-state index contributed by atoms with van der Waals surface area (Å²) in [5.74, 6) is 0.522. The van der Waals surface area contributed by atoms with Gasteiger partial charge in [-0.2, -0.15) is 5.06 Å². The van der Waals surface area contributed by atoms with Gasteiger partial charge in [-0.1, -0.05) is 37.3 Å². The molecule has 0 unspecified atom stereocenters. The second-order valence-corrected chi connectivity index (χ2v) is 8.57. The normalized spacial score (nSPS) is 28.7. The number of urea groups is 1. The van der Waals surface area contributed by atoms with Crippen LogP contribution in [0.4, 0.5) is 4.79 Å². The first kappa shape index (κ1) is 19.9. The van der Waals surface area contributed by atoms with E-state index in [2.05, 4.69) is 12.2 Å². The molecule has 7 nitrogen and oxygen atoms in total. The van der Waals surface area contributed by atoms with Crippen molar-refractivity contribution in [1.82, 2.24) is 15.3 Å². The number of amides is 3. The van der Waals surface area contributed by atoms with Crippen molar-refractivity contribution in [3.8, 4) is 0 Å². The van der Waals surface area contributed by atoms with Crippen LogP contribution in [-0.2, 0) is 21.0 Å². The Hall–Kier alpha value is -2.41. The molecule has 0 radical (unpaired) electrons. The predicted octanol–water partition coefficient (Wildman–Crippen LogP) is 2.51. The standard InChI is InChI=1S/C22H29N3O4/c1-15-7-8-17(11-15)20(26)12-23-21(27)19-10-9-18-13-24(19)22(28)25(18)29-14-16-5-3-2-4-6-16/h2-6,15,17-19H,7-14H2,1H3,(H,23,27)/t15-,17+,18-,19+/m1/s1. The highest BCUT2D eigenvalue weighted by atomic mass is 16.7. The molecule has 3 aliphatic rings. The van der Waals surface area contributed by atoms with Crippen LogP contribution in [0.25, 0.3) is 0 Å². The van der Waals surface area contributed by atoms with Crippen LogP contribution in [0.2, 0.25) is 0 Å². The fourth-order valence-corrected chi connectivity index (χ4v) is 4.72. The van der Waals surface area contributed by atoms with Crippen LogP contribution >= 0.6 is 0 Å². The van der Waals surface area contributed by atoms with Gasteiger partial charge in [-0.05, 0) is 43.6 Å². The van der Waals surface area contributed by atoms with Gasteiger partial charge >= 0.3 is 6.03 Å². The van der Waals surface area contributed by atoms with Crippen LogP contribution in [-0.4, -0.2) is 52.9 Å². The van der Waals surface area contributed by atoms with Gasteiger partial charge in [-0.3, -0.25) is 14.4 Å². The number of Topliss-reactive ketones (excluding diaryl/α,β-unsaturated/α-hetero) is 1. The summed E-state index contributed by atoms with van der Waals surface area (Å²) in [5.41, 5.74) is 0.991. The molecule has 156 valence electrons. The summed E-state index contributed by atoms with van der Waals surface area (Å²) in [4.78, 5) is 45.2. The van der Waals surface area contributed by atoms with Gasteiger partial charge in [0.05, 0.1) is 12.6 Å². The average Bonchev–Trinajstić information content (AvgIpc) is 3.27. The largest absolute Gasteiger partial charge is 0.347 e. The summed E-state index contributed by atoms with van der Waals surface area (Å²) < 4.78 is 0. The maximum atomic E-state index is 12.8. The van der Waals surface area contributed by atoms with Crippen LogP contribution in [0, 0.1) is 11.8 Å². The van der Waals surface area contributed by atoms with E-state index in [9.17, 15) is 14.4 Å². The van der Waals surface area contributed by atoms with Crippen molar-refractivity contribution in [2.24, 2.45) is 11.8 Å². The minimum absolute atomic E-state index is 0.0307. The summed E-state index contributed by atoms with van der Waals surface area (Å²) in [6, 6.07) is 8.87. The van der Waals surface area contributed by atoms with Crippen LogP contribution in [0.1, 0.15) is 44.6 Å². The molecule has 4 rings (SSSR count). The lowest BCUT2D eigenvalue weighted by molar-refractivity contribution is -0.140. The van der Waals surface area contributed by atoms with Gasteiger partial charge in [0, 0.05) is 12.5 Å². The molecular formula is C22H29N3O4. The third kappa shape index (κ3) is 4.29. The number of rotatable bonds is 7. The summed E-state index contributed by atoms with van der Waals surface area (Å²) in [6.45, 7) is 3.03. The number of benzene rings is 1. The molecule has 29 heavy (non-hydrogen) atoms. The van der Waals surface area contributed by atoms with Crippen molar-refractivity contribution in [3.63, 3.8) is 0 Å². The van der Waals surface area contributed by atoms with Gasteiger partial charge in [-0.25, -0.2) is 4.79 Å². The van der Waals surface area contributed by atoms with Crippen molar-refractivity contribution >= 4 is 17.7 Å². The second-order valence-electron chi connectivity index (χ2n) is 8.57. The number of nitrogens with zero attached hydrogens (tertiary/aromatic N) is 2. The molecule has 2 aliphatic heterocycles. The van der Waals surface area contributed by atoms with Gasteiger partial charge in [0.1, 0.15) is 12.6 Å². The molecule has 2 saturated heterocycles. The van der Waals surface area contributed by atoms with Crippen molar-refractivity contribution in [3.05, 3.63) is 35.9 Å². The number of fused-ring (bicyclic) bond motifs is 2. The minimum Gasteiger partial charge on any atom is -0.347 e. The maximum absolute atomic E-state index is 12.8. The molecule has 1 aromatic carbocycles. The highest BCUT2D eigenvalue weighted by molar-refractivity contribution is 5.92. The van der Waals surface area contributed by atoms with Crippen molar-refractivity contribution in [1.29, 1.82) is 0 Å². The molecule has 3 fully saturated rings. The van der Waals surface area contributed by atoms with E-state index in [-0.39, 0.29) is 36.2 Å². The third-order valence-corrected chi connectivity index (χ3v) is 6.43. The number of hydrogen-bond acceptors (Lipinski definition) is 4. The number of nitrogens with one attached hydrogen (secondary N) is 1. The number of carbonyl (C=O) groups is 3. The van der Waals surface area contributed by atoms with Crippen LogP contribution < -0.4 is 5.32 Å². The topological polar surface area (TPSA) is 79.0 Å². The Kier molecular flexibility index (Phi) is 5.85. The monoisotopic (exact) mass is 399 g/mol. The van der Waals surface area contributed by atoms with Crippen LogP contribution in [0.15, 0.2) is 30.3 Å². The maximum Gasteiger partial charge on any atom is 0.345 e. The van der Waals surface area contributed by atoms with Crippen LogP contribution in [0.3, 0.4) is 0 Å². The van der Waals surface area contributed by atoms with E-state index < -0.39 is 6.04 Å². The first-order chi connectivity index (χ1) is 14.0. The van der Waals surface area contributed by atoms with E-state index in [4.69, 9.17) is 4.84 Å². The first-order valence-corrected chi connectivity index (χ1v) is 10.6. The fraction of sp³-hybridized carbons (Fsp3) is 0.591. The smallest absolute Gasteiger partial charge is 0.345 e. The van der Waals surface area contributed by atoms with Crippen molar-refractivity contribution < 1.29 is 19.2 Å². The quantitative estimate of drug-likeness (QED) is 0.764.